The summed E-state index contributed by atoms with van der Waals surface area (Å²) in [6.07, 6.45) is 5.24. The summed E-state index contributed by atoms with van der Waals surface area (Å²) in [4.78, 5) is 26.0. The normalized spacial score (nSPS) is 14.0. The third-order valence-corrected chi connectivity index (χ3v) is 3.90. The van der Waals surface area contributed by atoms with Crippen molar-refractivity contribution in [3.63, 3.8) is 0 Å². The Kier molecular flexibility index (Phi) is 4.41. The highest BCUT2D eigenvalue weighted by molar-refractivity contribution is 5.94. The van der Waals surface area contributed by atoms with Gasteiger partial charge in [0.1, 0.15) is 6.61 Å². The van der Waals surface area contributed by atoms with Crippen molar-refractivity contribution >= 4 is 11.9 Å². The van der Waals surface area contributed by atoms with E-state index in [2.05, 4.69) is 5.10 Å². The Morgan fingerprint density at radius 1 is 1.13 bits per heavy atom. The molecule has 1 aromatic carbocycles. The lowest BCUT2D eigenvalue weighted by Gasteiger charge is -2.15. The zero-order valence-corrected chi connectivity index (χ0v) is 13.1. The molecule has 0 saturated carbocycles. The average molecular weight is 313 g/mol. The van der Waals surface area contributed by atoms with Crippen molar-refractivity contribution in [2.75, 3.05) is 13.1 Å². The second kappa shape index (κ2) is 6.64. The summed E-state index contributed by atoms with van der Waals surface area (Å²) in [5, 5.41) is 3.94. The Morgan fingerprint density at radius 3 is 2.43 bits per heavy atom. The number of likely N-dealkylation sites (tertiary alicyclic amines) is 1. The molecule has 1 aliphatic rings. The lowest BCUT2D eigenvalue weighted by atomic mass is 10.1. The van der Waals surface area contributed by atoms with Gasteiger partial charge < -0.3 is 9.64 Å². The molecule has 3 rings (SSSR count). The van der Waals surface area contributed by atoms with Crippen LogP contribution in [0, 0.1) is 0 Å². The topological polar surface area (TPSA) is 64.4 Å². The number of nitrogens with zero attached hydrogens (tertiary/aromatic N) is 3. The Morgan fingerprint density at radius 2 is 1.83 bits per heavy atom. The summed E-state index contributed by atoms with van der Waals surface area (Å²) in [7, 11) is 1.74. The number of rotatable bonds is 4. The van der Waals surface area contributed by atoms with Crippen LogP contribution in [0.5, 0.6) is 0 Å². The number of esters is 1. The zero-order chi connectivity index (χ0) is 16.2. The van der Waals surface area contributed by atoms with Crippen molar-refractivity contribution in [1.82, 2.24) is 14.7 Å². The first kappa shape index (κ1) is 15.3. The minimum absolute atomic E-state index is 0.0707. The molecule has 6 heteroatoms. The van der Waals surface area contributed by atoms with Crippen LogP contribution >= 0.6 is 0 Å². The molecule has 1 aliphatic heterocycles. The molecule has 6 nitrogen and oxygen atoms in total. The third kappa shape index (κ3) is 3.59. The lowest BCUT2D eigenvalue weighted by Crippen LogP contribution is -2.27. The molecule has 0 bridgehead atoms. The number of carbonyl (C=O) groups excluding carboxylic acids is 2. The molecule has 120 valence electrons. The summed E-state index contributed by atoms with van der Waals surface area (Å²) >= 11 is 0. The number of benzene rings is 1. The Hall–Kier alpha value is -2.63. The third-order valence-electron chi connectivity index (χ3n) is 3.90. The van der Waals surface area contributed by atoms with Gasteiger partial charge in [-0.05, 0) is 30.5 Å². The number of aryl methyl sites for hydroxylation is 1. The highest BCUT2D eigenvalue weighted by Gasteiger charge is 2.19. The van der Waals surface area contributed by atoms with Gasteiger partial charge in [0.05, 0.1) is 11.8 Å². The van der Waals surface area contributed by atoms with Crippen LogP contribution in [0.25, 0.3) is 0 Å². The van der Waals surface area contributed by atoms with Crippen LogP contribution in [-0.4, -0.2) is 39.6 Å². The van der Waals surface area contributed by atoms with E-state index in [-0.39, 0.29) is 12.5 Å². The predicted octanol–water partition coefficient (Wildman–Crippen LogP) is 2.01. The predicted molar refractivity (Wildman–Crippen MR) is 83.9 cm³/mol. The van der Waals surface area contributed by atoms with E-state index in [9.17, 15) is 9.59 Å². The fourth-order valence-electron chi connectivity index (χ4n) is 2.61. The van der Waals surface area contributed by atoms with E-state index in [0.29, 0.717) is 11.1 Å². The first-order valence-corrected chi connectivity index (χ1v) is 7.67. The van der Waals surface area contributed by atoms with E-state index in [0.717, 1.165) is 31.5 Å². The lowest BCUT2D eigenvalue weighted by molar-refractivity contribution is 0.0472. The van der Waals surface area contributed by atoms with Crippen molar-refractivity contribution in [1.29, 1.82) is 0 Å². The molecule has 0 N–H and O–H groups in total. The van der Waals surface area contributed by atoms with Gasteiger partial charge in [0.25, 0.3) is 5.91 Å². The summed E-state index contributed by atoms with van der Waals surface area (Å²) in [5.74, 6) is -0.336. The summed E-state index contributed by atoms with van der Waals surface area (Å²) in [6, 6.07) is 7.21. The maximum atomic E-state index is 12.2. The Bertz CT molecular complexity index is 700. The fourth-order valence-corrected chi connectivity index (χ4v) is 2.61. The van der Waals surface area contributed by atoms with Gasteiger partial charge in [0.15, 0.2) is 0 Å². The van der Waals surface area contributed by atoms with Crippen molar-refractivity contribution in [3.8, 4) is 0 Å². The fraction of sp³-hybridized carbons (Fsp3) is 0.353. The van der Waals surface area contributed by atoms with Crippen LogP contribution in [0.1, 0.15) is 39.1 Å². The van der Waals surface area contributed by atoms with Crippen LogP contribution in [0.15, 0.2) is 36.7 Å². The molecule has 0 atom stereocenters. The smallest absolute Gasteiger partial charge is 0.341 e. The largest absolute Gasteiger partial charge is 0.457 e. The summed E-state index contributed by atoms with van der Waals surface area (Å²) < 4.78 is 6.79. The SMILES string of the molecule is Cn1cc(C(=O)OCc2ccc(C(=O)N3CCCC3)cc2)cn1. The van der Waals surface area contributed by atoms with E-state index < -0.39 is 5.97 Å². The van der Waals surface area contributed by atoms with Gasteiger partial charge in [0.2, 0.25) is 0 Å². The van der Waals surface area contributed by atoms with Gasteiger partial charge in [-0.1, -0.05) is 12.1 Å². The average Bonchev–Trinajstić information content (AvgIpc) is 3.24. The van der Waals surface area contributed by atoms with Crippen molar-refractivity contribution < 1.29 is 14.3 Å². The highest BCUT2D eigenvalue weighted by atomic mass is 16.5. The molecule has 1 aromatic heterocycles. The molecule has 0 radical (unpaired) electrons. The number of ether oxygens (including phenoxy) is 1. The van der Waals surface area contributed by atoms with E-state index in [1.165, 1.54) is 6.20 Å². The van der Waals surface area contributed by atoms with E-state index in [1.807, 2.05) is 17.0 Å². The molecule has 0 spiro atoms. The zero-order valence-electron chi connectivity index (χ0n) is 13.1. The molecule has 0 unspecified atom stereocenters. The molecule has 1 amide bonds. The Balaban J connectivity index is 1.57. The molecule has 0 aliphatic carbocycles. The van der Waals surface area contributed by atoms with Crippen LogP contribution in [0.4, 0.5) is 0 Å². The number of hydrogen-bond acceptors (Lipinski definition) is 4. The maximum absolute atomic E-state index is 12.2. The number of hydrogen-bond donors (Lipinski definition) is 0. The van der Waals surface area contributed by atoms with Crippen molar-refractivity contribution in [2.45, 2.75) is 19.4 Å². The molecule has 2 heterocycles. The van der Waals surface area contributed by atoms with E-state index >= 15 is 0 Å². The second-order valence-electron chi connectivity index (χ2n) is 5.68. The minimum Gasteiger partial charge on any atom is -0.457 e. The second-order valence-corrected chi connectivity index (χ2v) is 5.68. The van der Waals surface area contributed by atoms with Crippen LogP contribution in [-0.2, 0) is 18.4 Å². The van der Waals surface area contributed by atoms with Gasteiger partial charge in [-0.15, -0.1) is 0 Å². The molecular weight excluding hydrogens is 294 g/mol. The van der Waals surface area contributed by atoms with Crippen LogP contribution < -0.4 is 0 Å². The van der Waals surface area contributed by atoms with E-state index in [4.69, 9.17) is 4.74 Å². The first-order chi connectivity index (χ1) is 11.1. The maximum Gasteiger partial charge on any atom is 0.341 e. The van der Waals surface area contributed by atoms with Crippen molar-refractivity contribution in [3.05, 3.63) is 53.3 Å². The Labute approximate surface area is 134 Å². The summed E-state index contributed by atoms with van der Waals surface area (Å²) in [6.45, 7) is 1.85. The molecule has 1 saturated heterocycles. The summed E-state index contributed by atoms with van der Waals surface area (Å²) in [5.41, 5.74) is 1.95. The van der Waals surface area contributed by atoms with Gasteiger partial charge >= 0.3 is 5.97 Å². The van der Waals surface area contributed by atoms with Gasteiger partial charge in [-0.25, -0.2) is 4.79 Å². The molecule has 1 fully saturated rings. The number of aromatic nitrogens is 2. The molecular formula is C17H19N3O3. The van der Waals surface area contributed by atoms with Gasteiger partial charge in [-0.3, -0.25) is 9.48 Å². The van der Waals surface area contributed by atoms with Gasteiger partial charge in [0, 0.05) is 31.9 Å². The van der Waals surface area contributed by atoms with Crippen LogP contribution in [0.3, 0.4) is 0 Å². The monoisotopic (exact) mass is 313 g/mol. The van der Waals surface area contributed by atoms with E-state index in [1.54, 1.807) is 30.1 Å². The van der Waals surface area contributed by atoms with Crippen LogP contribution in [0.2, 0.25) is 0 Å². The quantitative estimate of drug-likeness (QED) is 0.810. The standard InChI is InChI=1S/C17H19N3O3/c1-19-11-15(10-18-19)17(22)23-12-13-4-6-14(7-5-13)16(21)20-8-2-3-9-20/h4-7,10-11H,2-3,8-9,12H2,1H3. The molecule has 2 aromatic rings. The number of carbonyl (C=O) groups is 2. The highest BCUT2D eigenvalue weighted by Crippen LogP contribution is 2.14. The van der Waals surface area contributed by atoms with Crippen molar-refractivity contribution in [2.24, 2.45) is 7.05 Å². The van der Waals surface area contributed by atoms with Gasteiger partial charge in [-0.2, -0.15) is 5.10 Å². The minimum atomic E-state index is -0.407. The molecule has 23 heavy (non-hydrogen) atoms. The first-order valence-electron chi connectivity index (χ1n) is 7.67. The number of amides is 1.